The first-order valence-corrected chi connectivity index (χ1v) is 9.46. The van der Waals surface area contributed by atoms with Gasteiger partial charge in [-0.05, 0) is 36.6 Å². The molecule has 1 aromatic heterocycles. The first kappa shape index (κ1) is 17.9. The average Bonchev–Trinajstić information content (AvgIpc) is 3.16. The second-order valence-corrected chi connectivity index (χ2v) is 7.39. The molecule has 142 valence electrons. The van der Waals surface area contributed by atoms with Gasteiger partial charge in [-0.25, -0.2) is 4.98 Å². The molecule has 4 rings (SSSR count). The molecule has 0 N–H and O–H groups in total. The predicted molar refractivity (Wildman–Crippen MR) is 104 cm³/mol. The summed E-state index contributed by atoms with van der Waals surface area (Å²) in [6.07, 6.45) is 3.66. The zero-order valence-electron chi connectivity index (χ0n) is 15.4. The molecule has 0 aliphatic carbocycles. The fraction of sp³-hybridized carbons (Fsp3) is 0.400. The molecule has 1 aromatic carbocycles. The minimum absolute atomic E-state index is 0.110. The van der Waals surface area contributed by atoms with Crippen LogP contribution in [0.2, 0.25) is 5.02 Å². The lowest BCUT2D eigenvalue weighted by molar-refractivity contribution is 0.0827. The Kier molecular flexibility index (Phi) is 4.83. The number of carbonyl (C=O) groups excluding carboxylic acids is 1. The quantitative estimate of drug-likeness (QED) is 0.806. The lowest BCUT2D eigenvalue weighted by Gasteiger charge is -2.28. The third kappa shape index (κ3) is 3.41. The van der Waals surface area contributed by atoms with Gasteiger partial charge in [0.05, 0.1) is 16.6 Å². The van der Waals surface area contributed by atoms with Crippen molar-refractivity contribution in [2.75, 3.05) is 38.8 Å². The lowest BCUT2D eigenvalue weighted by Crippen LogP contribution is -2.25. The summed E-state index contributed by atoms with van der Waals surface area (Å²) in [4.78, 5) is 20.4. The number of pyridine rings is 1. The minimum Gasteiger partial charge on any atom is -0.486 e. The van der Waals surface area contributed by atoms with Crippen LogP contribution in [0.25, 0.3) is 0 Å². The van der Waals surface area contributed by atoms with E-state index in [1.807, 2.05) is 6.07 Å². The number of hydrogen-bond acceptors (Lipinski definition) is 5. The van der Waals surface area contributed by atoms with Gasteiger partial charge in [0.2, 0.25) is 0 Å². The SMILES string of the molecule is CN(C)C(=O)c1cnc(N2CCCC2c2ccc3c(c2)OCCO3)c(Cl)c1. The number of hydrogen-bond donors (Lipinski definition) is 0. The van der Waals surface area contributed by atoms with Crippen LogP contribution in [0.3, 0.4) is 0 Å². The van der Waals surface area contributed by atoms with Crippen LogP contribution in [-0.2, 0) is 0 Å². The maximum Gasteiger partial charge on any atom is 0.254 e. The molecule has 1 fully saturated rings. The summed E-state index contributed by atoms with van der Waals surface area (Å²) >= 11 is 6.51. The monoisotopic (exact) mass is 387 g/mol. The highest BCUT2D eigenvalue weighted by Gasteiger charge is 2.30. The van der Waals surface area contributed by atoms with E-state index in [9.17, 15) is 4.79 Å². The lowest BCUT2D eigenvalue weighted by atomic mass is 10.0. The Morgan fingerprint density at radius 3 is 2.74 bits per heavy atom. The highest BCUT2D eigenvalue weighted by atomic mass is 35.5. The number of amides is 1. The zero-order valence-corrected chi connectivity index (χ0v) is 16.2. The van der Waals surface area contributed by atoms with Gasteiger partial charge in [0, 0.05) is 26.8 Å². The molecule has 0 radical (unpaired) electrons. The molecule has 1 saturated heterocycles. The second-order valence-electron chi connectivity index (χ2n) is 6.98. The highest BCUT2D eigenvalue weighted by molar-refractivity contribution is 6.33. The molecule has 1 atom stereocenters. The molecule has 3 heterocycles. The fourth-order valence-corrected chi connectivity index (χ4v) is 3.93. The number of nitrogens with zero attached hydrogens (tertiary/aromatic N) is 3. The largest absolute Gasteiger partial charge is 0.486 e. The van der Waals surface area contributed by atoms with Gasteiger partial charge < -0.3 is 19.3 Å². The summed E-state index contributed by atoms with van der Waals surface area (Å²) in [6, 6.07) is 7.96. The summed E-state index contributed by atoms with van der Waals surface area (Å²) in [5.41, 5.74) is 1.65. The molecule has 6 nitrogen and oxygen atoms in total. The van der Waals surface area contributed by atoms with Crippen molar-refractivity contribution in [3.05, 3.63) is 46.6 Å². The number of anilines is 1. The van der Waals surface area contributed by atoms with Gasteiger partial charge in [-0.1, -0.05) is 17.7 Å². The van der Waals surface area contributed by atoms with E-state index < -0.39 is 0 Å². The molecular formula is C20H22ClN3O3. The fourth-order valence-electron chi connectivity index (χ4n) is 3.65. The van der Waals surface area contributed by atoms with Crippen LogP contribution in [0.5, 0.6) is 11.5 Å². The third-order valence-electron chi connectivity index (χ3n) is 4.95. The van der Waals surface area contributed by atoms with Crippen molar-refractivity contribution in [2.24, 2.45) is 0 Å². The molecule has 1 amide bonds. The van der Waals surface area contributed by atoms with Crippen molar-refractivity contribution in [3.8, 4) is 11.5 Å². The molecule has 27 heavy (non-hydrogen) atoms. The third-order valence-corrected chi connectivity index (χ3v) is 5.23. The molecule has 2 aliphatic heterocycles. The van der Waals surface area contributed by atoms with E-state index >= 15 is 0 Å². The zero-order chi connectivity index (χ0) is 19.0. The molecule has 0 saturated carbocycles. The molecule has 2 aromatic rings. The van der Waals surface area contributed by atoms with Crippen LogP contribution in [-0.4, -0.2) is 49.6 Å². The van der Waals surface area contributed by atoms with Gasteiger partial charge in [-0.2, -0.15) is 0 Å². The van der Waals surface area contributed by atoms with Crippen molar-refractivity contribution in [3.63, 3.8) is 0 Å². The van der Waals surface area contributed by atoms with Gasteiger partial charge in [0.1, 0.15) is 19.0 Å². The Bertz CT molecular complexity index is 872. The van der Waals surface area contributed by atoms with Crippen molar-refractivity contribution in [2.45, 2.75) is 18.9 Å². The molecule has 0 spiro atoms. The van der Waals surface area contributed by atoms with Gasteiger partial charge in [0.25, 0.3) is 5.91 Å². The second kappa shape index (κ2) is 7.27. The molecule has 2 aliphatic rings. The van der Waals surface area contributed by atoms with Crippen LogP contribution >= 0.6 is 11.6 Å². The van der Waals surface area contributed by atoms with E-state index in [0.717, 1.165) is 36.4 Å². The van der Waals surface area contributed by atoms with Gasteiger partial charge in [0.15, 0.2) is 11.5 Å². The van der Waals surface area contributed by atoms with E-state index in [2.05, 4.69) is 22.0 Å². The molecule has 1 unspecified atom stereocenters. The van der Waals surface area contributed by atoms with Crippen LogP contribution < -0.4 is 14.4 Å². The van der Waals surface area contributed by atoms with Crippen LogP contribution in [0.4, 0.5) is 5.82 Å². The van der Waals surface area contributed by atoms with Gasteiger partial charge in [-0.15, -0.1) is 0 Å². The topological polar surface area (TPSA) is 54.9 Å². The number of benzene rings is 1. The van der Waals surface area contributed by atoms with Gasteiger partial charge in [-0.3, -0.25) is 4.79 Å². The number of ether oxygens (including phenoxy) is 2. The van der Waals surface area contributed by atoms with E-state index in [1.165, 1.54) is 4.90 Å². The first-order chi connectivity index (χ1) is 13.0. The summed E-state index contributed by atoms with van der Waals surface area (Å²) in [7, 11) is 3.42. The highest BCUT2D eigenvalue weighted by Crippen LogP contribution is 2.41. The van der Waals surface area contributed by atoms with Crippen LogP contribution in [0, 0.1) is 0 Å². The summed E-state index contributed by atoms with van der Waals surface area (Å²) in [5, 5.41) is 0.493. The van der Waals surface area contributed by atoms with E-state index in [0.29, 0.717) is 29.6 Å². The van der Waals surface area contributed by atoms with Crippen molar-refractivity contribution in [1.29, 1.82) is 0 Å². The van der Waals surface area contributed by atoms with E-state index in [-0.39, 0.29) is 11.9 Å². The maximum atomic E-state index is 12.1. The van der Waals surface area contributed by atoms with E-state index in [1.54, 1.807) is 26.4 Å². The average molecular weight is 388 g/mol. The Hall–Kier alpha value is -2.47. The van der Waals surface area contributed by atoms with E-state index in [4.69, 9.17) is 21.1 Å². The number of fused-ring (bicyclic) bond motifs is 1. The summed E-state index contributed by atoms with van der Waals surface area (Å²) in [5.74, 6) is 2.18. The smallest absolute Gasteiger partial charge is 0.254 e. The van der Waals surface area contributed by atoms with Crippen LogP contribution in [0.1, 0.15) is 34.8 Å². The molecule has 7 heteroatoms. The Labute approximate surface area is 163 Å². The Morgan fingerprint density at radius 1 is 1.22 bits per heavy atom. The van der Waals surface area contributed by atoms with Crippen molar-refractivity contribution < 1.29 is 14.3 Å². The minimum atomic E-state index is -0.110. The van der Waals surface area contributed by atoms with Crippen LogP contribution in [0.15, 0.2) is 30.5 Å². The predicted octanol–water partition coefficient (Wildman–Crippen LogP) is 3.55. The standard InChI is InChI=1S/C20H22ClN3O3/c1-23(2)20(25)14-10-15(21)19(22-12-14)24-7-3-4-16(24)13-5-6-17-18(11-13)27-9-8-26-17/h5-6,10-12,16H,3-4,7-9H2,1-2H3. The summed E-state index contributed by atoms with van der Waals surface area (Å²) in [6.45, 7) is 2.02. The molecule has 0 bridgehead atoms. The number of rotatable bonds is 3. The number of aromatic nitrogens is 1. The Balaban J connectivity index is 1.63. The van der Waals surface area contributed by atoms with Crippen molar-refractivity contribution >= 4 is 23.3 Å². The maximum absolute atomic E-state index is 12.1. The number of halogens is 1. The summed E-state index contributed by atoms with van der Waals surface area (Å²) < 4.78 is 11.3. The normalized spacial score (nSPS) is 18.5. The van der Waals surface area contributed by atoms with Gasteiger partial charge >= 0.3 is 0 Å². The number of carbonyl (C=O) groups is 1. The first-order valence-electron chi connectivity index (χ1n) is 9.08. The molecular weight excluding hydrogens is 366 g/mol. The van der Waals surface area contributed by atoms with Crippen molar-refractivity contribution in [1.82, 2.24) is 9.88 Å². The Morgan fingerprint density at radius 2 is 2.00 bits per heavy atom.